The summed E-state index contributed by atoms with van der Waals surface area (Å²) in [5, 5.41) is 5.63. The molecular formula is C14H14FN3O. The molecule has 1 aromatic carbocycles. The molecule has 98 valence electrons. The Bertz CT molecular complexity index is 596. The quantitative estimate of drug-likeness (QED) is 0.891. The summed E-state index contributed by atoms with van der Waals surface area (Å²) in [5.74, 6) is -0.379. The largest absolute Gasteiger partial charge is 0.388 e. The number of amides is 1. The molecule has 2 rings (SSSR count). The summed E-state index contributed by atoms with van der Waals surface area (Å²) in [6.45, 7) is 1.86. The van der Waals surface area contributed by atoms with E-state index in [1.807, 2.05) is 26.1 Å². The number of carbonyl (C=O) groups excluding carboxylic acids is 1. The number of aryl methyl sites for hydroxylation is 1. The van der Waals surface area contributed by atoms with Crippen LogP contribution in [-0.4, -0.2) is 17.9 Å². The lowest BCUT2D eigenvalue weighted by Crippen LogP contribution is -2.14. The van der Waals surface area contributed by atoms with Crippen LogP contribution in [0.15, 0.2) is 36.5 Å². The van der Waals surface area contributed by atoms with E-state index in [0.717, 1.165) is 17.4 Å². The van der Waals surface area contributed by atoms with Crippen LogP contribution in [0.5, 0.6) is 0 Å². The van der Waals surface area contributed by atoms with Crippen LogP contribution in [0.4, 0.5) is 15.9 Å². The summed E-state index contributed by atoms with van der Waals surface area (Å²) in [4.78, 5) is 15.8. The third-order valence-electron chi connectivity index (χ3n) is 2.73. The molecule has 0 unspecified atom stereocenters. The Morgan fingerprint density at radius 2 is 2.05 bits per heavy atom. The first kappa shape index (κ1) is 13.0. The van der Waals surface area contributed by atoms with Crippen LogP contribution in [0.2, 0.25) is 0 Å². The summed E-state index contributed by atoms with van der Waals surface area (Å²) in [6, 6.07) is 8.11. The van der Waals surface area contributed by atoms with Crippen molar-refractivity contribution in [3.05, 3.63) is 53.5 Å². The first-order valence-electron chi connectivity index (χ1n) is 5.81. The van der Waals surface area contributed by atoms with Crippen LogP contribution >= 0.6 is 0 Å². The molecule has 0 saturated carbocycles. The maximum absolute atomic E-state index is 12.7. The highest BCUT2D eigenvalue weighted by atomic mass is 19.1. The first-order valence-corrected chi connectivity index (χ1v) is 5.81. The zero-order valence-electron chi connectivity index (χ0n) is 10.7. The van der Waals surface area contributed by atoms with Gasteiger partial charge in [-0.3, -0.25) is 4.79 Å². The summed E-state index contributed by atoms with van der Waals surface area (Å²) in [6.07, 6.45) is 1.06. The summed E-state index contributed by atoms with van der Waals surface area (Å²) in [7, 11) is 1.82. The van der Waals surface area contributed by atoms with Gasteiger partial charge >= 0.3 is 0 Å². The monoisotopic (exact) mass is 259 g/mol. The molecule has 2 aromatic rings. The van der Waals surface area contributed by atoms with Crippen LogP contribution in [0.1, 0.15) is 15.9 Å². The maximum atomic E-state index is 12.7. The SMILES string of the molecule is CNc1ccc(C(=O)Nc2ccc(F)cn2)c(C)c1. The van der Waals surface area contributed by atoms with Crippen molar-refractivity contribution in [3.63, 3.8) is 0 Å². The van der Waals surface area contributed by atoms with E-state index < -0.39 is 5.82 Å². The first-order chi connectivity index (χ1) is 9.10. The van der Waals surface area contributed by atoms with Crippen LogP contribution in [0.3, 0.4) is 0 Å². The highest BCUT2D eigenvalue weighted by Gasteiger charge is 2.10. The number of hydrogen-bond donors (Lipinski definition) is 2. The Morgan fingerprint density at radius 1 is 1.26 bits per heavy atom. The summed E-state index contributed by atoms with van der Waals surface area (Å²) >= 11 is 0. The van der Waals surface area contributed by atoms with E-state index in [-0.39, 0.29) is 5.91 Å². The molecule has 19 heavy (non-hydrogen) atoms. The zero-order chi connectivity index (χ0) is 13.8. The maximum Gasteiger partial charge on any atom is 0.257 e. The Kier molecular flexibility index (Phi) is 3.75. The van der Waals surface area contributed by atoms with Gasteiger partial charge in [0.1, 0.15) is 11.6 Å². The smallest absolute Gasteiger partial charge is 0.257 e. The molecular weight excluding hydrogens is 245 g/mol. The van der Waals surface area contributed by atoms with Gasteiger partial charge < -0.3 is 10.6 Å². The van der Waals surface area contributed by atoms with Crippen molar-refractivity contribution in [2.45, 2.75) is 6.92 Å². The van der Waals surface area contributed by atoms with Gasteiger partial charge in [-0.2, -0.15) is 0 Å². The van der Waals surface area contributed by atoms with E-state index in [0.29, 0.717) is 11.4 Å². The minimum atomic E-state index is -0.437. The molecule has 0 radical (unpaired) electrons. The molecule has 1 aromatic heterocycles. The Balaban J connectivity index is 2.18. The van der Waals surface area contributed by atoms with Crippen molar-refractivity contribution in [1.29, 1.82) is 0 Å². The van der Waals surface area contributed by atoms with Crippen molar-refractivity contribution in [2.24, 2.45) is 0 Å². The molecule has 5 heteroatoms. The lowest BCUT2D eigenvalue weighted by atomic mass is 10.1. The molecule has 1 amide bonds. The number of hydrogen-bond acceptors (Lipinski definition) is 3. The summed E-state index contributed by atoms with van der Waals surface area (Å²) < 4.78 is 12.7. The third-order valence-corrected chi connectivity index (χ3v) is 2.73. The highest BCUT2D eigenvalue weighted by Crippen LogP contribution is 2.16. The van der Waals surface area contributed by atoms with E-state index in [2.05, 4.69) is 15.6 Å². The van der Waals surface area contributed by atoms with Gasteiger partial charge in [0.15, 0.2) is 0 Å². The number of nitrogens with zero attached hydrogens (tertiary/aromatic N) is 1. The van der Waals surface area contributed by atoms with Crippen molar-refractivity contribution in [1.82, 2.24) is 4.98 Å². The number of carbonyl (C=O) groups is 1. The summed E-state index contributed by atoms with van der Waals surface area (Å²) in [5.41, 5.74) is 2.35. The van der Waals surface area contributed by atoms with Gasteiger partial charge in [-0.05, 0) is 42.8 Å². The molecule has 1 heterocycles. The molecule has 0 fully saturated rings. The van der Waals surface area contributed by atoms with Crippen LogP contribution in [0.25, 0.3) is 0 Å². The Hall–Kier alpha value is -2.43. The van der Waals surface area contributed by atoms with Gasteiger partial charge in [0.05, 0.1) is 6.20 Å². The number of nitrogens with one attached hydrogen (secondary N) is 2. The predicted octanol–water partition coefficient (Wildman–Crippen LogP) is 2.82. The molecule has 0 spiro atoms. The zero-order valence-corrected chi connectivity index (χ0v) is 10.7. The minimum absolute atomic E-state index is 0.265. The number of anilines is 2. The number of rotatable bonds is 3. The second-order valence-electron chi connectivity index (χ2n) is 4.10. The topological polar surface area (TPSA) is 54.0 Å². The van der Waals surface area contributed by atoms with Gasteiger partial charge in [-0.25, -0.2) is 9.37 Å². The molecule has 2 N–H and O–H groups in total. The normalized spacial score (nSPS) is 10.1. The highest BCUT2D eigenvalue weighted by molar-refractivity contribution is 6.05. The van der Waals surface area contributed by atoms with Crippen molar-refractivity contribution < 1.29 is 9.18 Å². The van der Waals surface area contributed by atoms with Gasteiger partial charge in [-0.1, -0.05) is 0 Å². The average molecular weight is 259 g/mol. The van der Waals surface area contributed by atoms with E-state index >= 15 is 0 Å². The van der Waals surface area contributed by atoms with Crippen LogP contribution in [0, 0.1) is 12.7 Å². The molecule has 0 atom stereocenters. The minimum Gasteiger partial charge on any atom is -0.388 e. The molecule has 0 bridgehead atoms. The molecule has 0 saturated heterocycles. The van der Waals surface area contributed by atoms with Crippen molar-refractivity contribution in [2.75, 3.05) is 17.7 Å². The van der Waals surface area contributed by atoms with Gasteiger partial charge in [0.2, 0.25) is 0 Å². The van der Waals surface area contributed by atoms with Crippen molar-refractivity contribution >= 4 is 17.4 Å². The van der Waals surface area contributed by atoms with Crippen LogP contribution in [-0.2, 0) is 0 Å². The van der Waals surface area contributed by atoms with E-state index in [1.165, 1.54) is 12.1 Å². The second kappa shape index (κ2) is 5.48. The Labute approximate surface area is 110 Å². The molecule has 0 aliphatic rings. The fourth-order valence-corrected chi connectivity index (χ4v) is 1.71. The number of benzene rings is 1. The number of aromatic nitrogens is 1. The standard InChI is InChI=1S/C14H14FN3O/c1-9-7-11(16-2)4-5-12(9)14(19)18-13-6-3-10(15)8-17-13/h3-8,16H,1-2H3,(H,17,18,19). The predicted molar refractivity (Wildman–Crippen MR) is 72.9 cm³/mol. The fraction of sp³-hybridized carbons (Fsp3) is 0.143. The van der Waals surface area contributed by atoms with E-state index in [1.54, 1.807) is 6.07 Å². The molecule has 4 nitrogen and oxygen atoms in total. The lowest BCUT2D eigenvalue weighted by molar-refractivity contribution is 0.102. The van der Waals surface area contributed by atoms with Gasteiger partial charge in [0.25, 0.3) is 5.91 Å². The average Bonchev–Trinajstić information content (AvgIpc) is 2.41. The van der Waals surface area contributed by atoms with Gasteiger partial charge in [0, 0.05) is 18.3 Å². The fourth-order valence-electron chi connectivity index (χ4n) is 1.71. The Morgan fingerprint density at radius 3 is 2.63 bits per heavy atom. The van der Waals surface area contributed by atoms with E-state index in [4.69, 9.17) is 0 Å². The lowest BCUT2D eigenvalue weighted by Gasteiger charge is -2.08. The second-order valence-corrected chi connectivity index (χ2v) is 4.10. The van der Waals surface area contributed by atoms with Crippen molar-refractivity contribution in [3.8, 4) is 0 Å². The van der Waals surface area contributed by atoms with Crippen LogP contribution < -0.4 is 10.6 Å². The molecule has 0 aliphatic carbocycles. The number of halogens is 1. The molecule has 0 aliphatic heterocycles. The van der Waals surface area contributed by atoms with E-state index in [9.17, 15) is 9.18 Å². The van der Waals surface area contributed by atoms with Gasteiger partial charge in [-0.15, -0.1) is 0 Å². The number of pyridine rings is 1. The third kappa shape index (κ3) is 3.07.